The fourth-order valence-corrected chi connectivity index (χ4v) is 2.38. The van der Waals surface area contributed by atoms with Gasteiger partial charge in [-0.25, -0.2) is 9.50 Å². The van der Waals surface area contributed by atoms with Crippen LogP contribution in [0, 0.1) is 0 Å². The smallest absolute Gasteiger partial charge is 0.154 e. The molecule has 102 valence electrons. The Morgan fingerprint density at radius 2 is 1.95 bits per heavy atom. The third-order valence-corrected chi connectivity index (χ3v) is 3.41. The predicted octanol–water partition coefficient (Wildman–Crippen LogP) is 1.82. The summed E-state index contributed by atoms with van der Waals surface area (Å²) in [6.07, 6.45) is 5.39. The second-order valence-corrected chi connectivity index (χ2v) is 4.74. The van der Waals surface area contributed by atoms with E-state index >= 15 is 0 Å². The highest BCUT2D eigenvalue weighted by atomic mass is 15.3. The van der Waals surface area contributed by atoms with Gasteiger partial charge in [0.15, 0.2) is 5.82 Å². The molecule has 0 spiro atoms. The number of nitrogens with two attached hydrogens (primary N) is 1. The van der Waals surface area contributed by atoms with Gasteiger partial charge in [-0.15, -0.1) is 0 Å². The lowest BCUT2D eigenvalue weighted by Crippen LogP contribution is -2.20. The fourth-order valence-electron chi connectivity index (χ4n) is 2.38. The van der Waals surface area contributed by atoms with E-state index in [9.17, 15) is 0 Å². The lowest BCUT2D eigenvalue weighted by Gasteiger charge is -2.20. The number of anilines is 1. The minimum atomic E-state index is 0.550. The Morgan fingerprint density at radius 1 is 1.15 bits per heavy atom. The van der Waals surface area contributed by atoms with Crippen molar-refractivity contribution in [1.29, 1.82) is 0 Å². The lowest BCUT2D eigenvalue weighted by atomic mass is 10.1. The zero-order chi connectivity index (χ0) is 13.9. The molecule has 1 aromatic carbocycles. The van der Waals surface area contributed by atoms with Gasteiger partial charge in [-0.05, 0) is 17.2 Å². The molecule has 5 nitrogen and oxygen atoms in total. The summed E-state index contributed by atoms with van der Waals surface area (Å²) in [4.78, 5) is 6.58. The van der Waals surface area contributed by atoms with Crippen LogP contribution in [0.5, 0.6) is 0 Å². The van der Waals surface area contributed by atoms with Gasteiger partial charge in [-0.1, -0.05) is 24.3 Å². The van der Waals surface area contributed by atoms with E-state index in [1.807, 2.05) is 36.0 Å². The van der Waals surface area contributed by atoms with Crippen LogP contribution in [0.15, 0.2) is 48.9 Å². The second-order valence-electron chi connectivity index (χ2n) is 4.74. The van der Waals surface area contributed by atoms with Crippen molar-refractivity contribution in [3.63, 3.8) is 0 Å². The molecular formula is C15H17N5. The van der Waals surface area contributed by atoms with Gasteiger partial charge in [0.05, 0.1) is 6.20 Å². The Bertz CT molecular complexity index is 719. The molecule has 0 atom stereocenters. The van der Waals surface area contributed by atoms with Crippen LogP contribution in [0.4, 0.5) is 5.82 Å². The van der Waals surface area contributed by atoms with Crippen molar-refractivity contribution in [1.82, 2.24) is 14.6 Å². The minimum Gasteiger partial charge on any atom is -0.354 e. The first-order valence-electron chi connectivity index (χ1n) is 6.56. The van der Waals surface area contributed by atoms with E-state index in [1.165, 1.54) is 11.1 Å². The zero-order valence-corrected chi connectivity index (χ0v) is 11.4. The van der Waals surface area contributed by atoms with Gasteiger partial charge in [-0.2, -0.15) is 5.10 Å². The molecule has 0 saturated heterocycles. The molecule has 2 aromatic heterocycles. The van der Waals surface area contributed by atoms with Crippen molar-refractivity contribution in [3.8, 4) is 0 Å². The Hall–Kier alpha value is -2.40. The van der Waals surface area contributed by atoms with Crippen LogP contribution in [0.25, 0.3) is 5.52 Å². The third-order valence-electron chi connectivity index (χ3n) is 3.41. The summed E-state index contributed by atoms with van der Waals surface area (Å²) in [5, 5.41) is 4.23. The number of hydrogen-bond donors (Lipinski definition) is 1. The number of nitrogens with zero attached hydrogens (tertiary/aromatic N) is 4. The quantitative estimate of drug-likeness (QED) is 0.783. The maximum Gasteiger partial charge on any atom is 0.154 e. The fraction of sp³-hybridized carbons (Fsp3) is 0.200. The van der Waals surface area contributed by atoms with Gasteiger partial charge >= 0.3 is 0 Å². The highest BCUT2D eigenvalue weighted by Gasteiger charge is 2.10. The summed E-state index contributed by atoms with van der Waals surface area (Å²) in [5.74, 6) is 0.914. The van der Waals surface area contributed by atoms with E-state index in [0.717, 1.165) is 17.9 Å². The third kappa shape index (κ3) is 2.23. The van der Waals surface area contributed by atoms with Gasteiger partial charge in [0.2, 0.25) is 0 Å². The molecule has 0 saturated carbocycles. The molecule has 0 aliphatic rings. The topological polar surface area (TPSA) is 59.5 Å². The molecule has 0 aliphatic heterocycles. The van der Waals surface area contributed by atoms with E-state index in [1.54, 1.807) is 12.4 Å². The maximum atomic E-state index is 5.79. The average Bonchev–Trinajstić information content (AvgIpc) is 2.96. The first-order valence-corrected chi connectivity index (χ1v) is 6.56. The first kappa shape index (κ1) is 12.6. The standard InChI is InChI=1S/C15H17N5/c1-19(11-13-5-3-2-4-12(13)10-16)15-14-6-7-18-20(14)9-8-17-15/h2-9H,10-11,16H2,1H3. The molecule has 0 radical (unpaired) electrons. The molecule has 2 heterocycles. The molecular weight excluding hydrogens is 250 g/mol. The van der Waals surface area contributed by atoms with Crippen molar-refractivity contribution >= 4 is 11.3 Å². The van der Waals surface area contributed by atoms with Crippen LogP contribution in [0.3, 0.4) is 0 Å². The first-order chi connectivity index (χ1) is 9.79. The highest BCUT2D eigenvalue weighted by molar-refractivity contribution is 5.67. The normalized spacial score (nSPS) is 10.9. The SMILES string of the molecule is CN(Cc1ccccc1CN)c1nccn2nccc12. The van der Waals surface area contributed by atoms with Gasteiger partial charge < -0.3 is 10.6 Å². The van der Waals surface area contributed by atoms with Crippen molar-refractivity contribution in [2.45, 2.75) is 13.1 Å². The van der Waals surface area contributed by atoms with E-state index in [0.29, 0.717) is 6.54 Å². The van der Waals surface area contributed by atoms with Gasteiger partial charge in [0, 0.05) is 32.5 Å². The summed E-state index contributed by atoms with van der Waals surface area (Å²) in [5.41, 5.74) is 9.18. The highest BCUT2D eigenvalue weighted by Crippen LogP contribution is 2.20. The van der Waals surface area contributed by atoms with Crippen molar-refractivity contribution in [2.24, 2.45) is 5.73 Å². The van der Waals surface area contributed by atoms with Crippen molar-refractivity contribution < 1.29 is 0 Å². The predicted molar refractivity (Wildman–Crippen MR) is 79.4 cm³/mol. The Labute approximate surface area is 117 Å². The number of hydrogen-bond acceptors (Lipinski definition) is 4. The summed E-state index contributed by atoms with van der Waals surface area (Å²) in [6, 6.07) is 10.2. The molecule has 5 heteroatoms. The van der Waals surface area contributed by atoms with E-state index in [2.05, 4.69) is 27.1 Å². The monoisotopic (exact) mass is 267 g/mol. The van der Waals surface area contributed by atoms with Crippen LogP contribution in [-0.2, 0) is 13.1 Å². The number of aromatic nitrogens is 3. The molecule has 0 aliphatic carbocycles. The number of benzene rings is 1. The summed E-state index contributed by atoms with van der Waals surface area (Å²) in [7, 11) is 2.03. The zero-order valence-electron chi connectivity index (χ0n) is 11.4. The average molecular weight is 267 g/mol. The summed E-state index contributed by atoms with van der Waals surface area (Å²) >= 11 is 0. The van der Waals surface area contributed by atoms with E-state index < -0.39 is 0 Å². The van der Waals surface area contributed by atoms with Gasteiger partial charge in [0.25, 0.3) is 0 Å². The summed E-state index contributed by atoms with van der Waals surface area (Å²) < 4.78 is 1.83. The van der Waals surface area contributed by atoms with Crippen molar-refractivity contribution in [2.75, 3.05) is 11.9 Å². The minimum absolute atomic E-state index is 0.550. The van der Waals surface area contributed by atoms with E-state index in [4.69, 9.17) is 5.73 Å². The van der Waals surface area contributed by atoms with Crippen LogP contribution < -0.4 is 10.6 Å². The molecule has 0 unspecified atom stereocenters. The van der Waals surface area contributed by atoms with E-state index in [-0.39, 0.29) is 0 Å². The molecule has 0 amide bonds. The maximum absolute atomic E-state index is 5.79. The Morgan fingerprint density at radius 3 is 2.75 bits per heavy atom. The number of rotatable bonds is 4. The molecule has 3 aromatic rings. The summed E-state index contributed by atoms with van der Waals surface area (Å²) in [6.45, 7) is 1.32. The Balaban J connectivity index is 1.93. The van der Waals surface area contributed by atoms with Crippen LogP contribution in [0.1, 0.15) is 11.1 Å². The van der Waals surface area contributed by atoms with Gasteiger partial charge in [0.1, 0.15) is 5.52 Å². The largest absolute Gasteiger partial charge is 0.354 e. The lowest BCUT2D eigenvalue weighted by molar-refractivity contribution is 0.862. The molecule has 3 rings (SSSR count). The second kappa shape index (κ2) is 5.30. The molecule has 2 N–H and O–H groups in total. The van der Waals surface area contributed by atoms with Crippen molar-refractivity contribution in [3.05, 3.63) is 60.0 Å². The molecule has 20 heavy (non-hydrogen) atoms. The Kier molecular flexibility index (Phi) is 3.35. The van der Waals surface area contributed by atoms with Crippen LogP contribution >= 0.6 is 0 Å². The molecule has 0 bridgehead atoms. The van der Waals surface area contributed by atoms with Crippen LogP contribution in [0.2, 0.25) is 0 Å². The molecule has 0 fully saturated rings. The van der Waals surface area contributed by atoms with Crippen LogP contribution in [-0.4, -0.2) is 21.6 Å². The van der Waals surface area contributed by atoms with Gasteiger partial charge in [-0.3, -0.25) is 0 Å². The number of fused-ring (bicyclic) bond motifs is 1.